The van der Waals surface area contributed by atoms with Crippen LogP contribution in [0.3, 0.4) is 0 Å². The molecule has 2 aromatic carbocycles. The molecule has 0 aliphatic heterocycles. The molecule has 0 saturated carbocycles. The molecule has 3 rings (SSSR count). The van der Waals surface area contributed by atoms with Crippen molar-refractivity contribution in [3.05, 3.63) is 51.6 Å². The molecule has 0 radical (unpaired) electrons. The third-order valence-corrected chi connectivity index (χ3v) is 8.28. The number of allylic oxidation sites excluding steroid dienone is 1. The van der Waals surface area contributed by atoms with E-state index in [0.29, 0.717) is 0 Å². The van der Waals surface area contributed by atoms with Crippen LogP contribution in [0.4, 0.5) is 0 Å². The summed E-state index contributed by atoms with van der Waals surface area (Å²) in [4.78, 5) is 0. The molecule has 0 heterocycles. The van der Waals surface area contributed by atoms with Crippen LogP contribution in [0.2, 0.25) is 0 Å². The van der Waals surface area contributed by atoms with Crippen LogP contribution in [0.15, 0.2) is 18.2 Å². The van der Waals surface area contributed by atoms with E-state index in [2.05, 4.69) is 65.8 Å². The van der Waals surface area contributed by atoms with Crippen molar-refractivity contribution in [2.24, 2.45) is 11.8 Å². The predicted molar refractivity (Wildman–Crippen MR) is 145 cm³/mol. The van der Waals surface area contributed by atoms with Gasteiger partial charge in [0.2, 0.25) is 0 Å². The second-order valence-corrected chi connectivity index (χ2v) is 10.5. The zero-order valence-corrected chi connectivity index (χ0v) is 21.9. The smallest absolute Gasteiger partial charge is 0.0143 e. The van der Waals surface area contributed by atoms with Crippen molar-refractivity contribution < 1.29 is 0 Å². The van der Waals surface area contributed by atoms with Crippen molar-refractivity contribution in [1.82, 2.24) is 0 Å². The Morgan fingerprint density at radius 3 is 1.78 bits per heavy atom. The third-order valence-electron chi connectivity index (χ3n) is 8.28. The highest BCUT2D eigenvalue weighted by Crippen LogP contribution is 2.37. The summed E-state index contributed by atoms with van der Waals surface area (Å²) in [6.07, 6.45) is 20.4. The summed E-state index contributed by atoms with van der Waals surface area (Å²) in [5, 5.41) is 3.04. The fourth-order valence-electron chi connectivity index (χ4n) is 5.91. The number of unbranched alkanes of at least 4 members (excludes halogenated alkanes) is 2. The van der Waals surface area contributed by atoms with E-state index >= 15 is 0 Å². The van der Waals surface area contributed by atoms with Gasteiger partial charge in [-0.25, -0.2) is 0 Å². The Balaban J connectivity index is 2.09. The van der Waals surface area contributed by atoms with Gasteiger partial charge in [0.15, 0.2) is 0 Å². The van der Waals surface area contributed by atoms with Gasteiger partial charge in [0.1, 0.15) is 0 Å². The van der Waals surface area contributed by atoms with Gasteiger partial charge in [0.25, 0.3) is 0 Å². The molecule has 0 spiro atoms. The molecule has 0 aromatic heterocycles. The third kappa shape index (κ3) is 5.67. The molecule has 2 unspecified atom stereocenters. The number of hydrogen-bond donors (Lipinski definition) is 0. The van der Waals surface area contributed by atoms with Crippen molar-refractivity contribution in [3.63, 3.8) is 0 Å². The standard InChI is InChI=1S/C32H48/c1-7-11-15-25(9-3)19-27-21-31-23(5)29-17-13-14-18-30(29)24(6)32(31)22-28(27)20-26(10-4)16-12-8-2/h13,17,21-22,25-26H,7-12,14-16,18-20H2,1-6H3. The zero-order chi connectivity index (χ0) is 23.1. The summed E-state index contributed by atoms with van der Waals surface area (Å²) in [5.41, 5.74) is 9.46. The van der Waals surface area contributed by atoms with E-state index in [0.717, 1.165) is 11.8 Å². The van der Waals surface area contributed by atoms with E-state index in [4.69, 9.17) is 0 Å². The summed E-state index contributed by atoms with van der Waals surface area (Å²) in [6.45, 7) is 14.2. The molecule has 0 bridgehead atoms. The maximum atomic E-state index is 2.63. The van der Waals surface area contributed by atoms with E-state index in [1.807, 2.05) is 0 Å². The molecule has 1 aliphatic carbocycles. The maximum Gasteiger partial charge on any atom is -0.0143 e. The minimum absolute atomic E-state index is 0.820. The first kappa shape index (κ1) is 25.1. The molecule has 2 aromatic rings. The molecule has 1 aliphatic rings. The first-order valence-electron chi connectivity index (χ1n) is 13.8. The van der Waals surface area contributed by atoms with E-state index in [1.54, 1.807) is 16.7 Å². The van der Waals surface area contributed by atoms with Gasteiger partial charge >= 0.3 is 0 Å². The van der Waals surface area contributed by atoms with E-state index in [-0.39, 0.29) is 0 Å². The second kappa shape index (κ2) is 12.1. The van der Waals surface area contributed by atoms with Crippen LogP contribution < -0.4 is 0 Å². The summed E-state index contributed by atoms with van der Waals surface area (Å²) in [7, 11) is 0. The monoisotopic (exact) mass is 432 g/mol. The molecular weight excluding hydrogens is 384 g/mol. The average Bonchev–Trinajstić information content (AvgIpc) is 2.83. The number of hydrogen-bond acceptors (Lipinski definition) is 0. The first-order chi connectivity index (χ1) is 15.5. The second-order valence-electron chi connectivity index (χ2n) is 10.5. The number of benzene rings is 2. The largest absolute Gasteiger partial charge is 0.0836 e. The Hall–Kier alpha value is -1.56. The summed E-state index contributed by atoms with van der Waals surface area (Å²) in [6, 6.07) is 5.25. The van der Waals surface area contributed by atoms with E-state index < -0.39 is 0 Å². The van der Waals surface area contributed by atoms with E-state index in [1.165, 1.54) is 105 Å². The minimum Gasteiger partial charge on any atom is -0.0836 e. The summed E-state index contributed by atoms with van der Waals surface area (Å²) >= 11 is 0. The van der Waals surface area contributed by atoms with Gasteiger partial charge in [0, 0.05) is 0 Å². The fourth-order valence-corrected chi connectivity index (χ4v) is 5.91. The maximum absolute atomic E-state index is 2.63. The molecule has 0 saturated heterocycles. The Morgan fingerprint density at radius 1 is 0.750 bits per heavy atom. The van der Waals surface area contributed by atoms with Gasteiger partial charge in [-0.15, -0.1) is 0 Å². The van der Waals surface area contributed by atoms with Crippen molar-refractivity contribution in [2.75, 3.05) is 0 Å². The van der Waals surface area contributed by atoms with Crippen molar-refractivity contribution >= 4 is 16.8 Å². The summed E-state index contributed by atoms with van der Waals surface area (Å²) in [5.74, 6) is 1.64. The van der Waals surface area contributed by atoms with Gasteiger partial charge in [-0.1, -0.05) is 103 Å². The molecular formula is C32H48. The Morgan fingerprint density at radius 2 is 1.28 bits per heavy atom. The first-order valence-corrected chi connectivity index (χ1v) is 13.8. The molecule has 0 amide bonds. The van der Waals surface area contributed by atoms with Crippen molar-refractivity contribution in [1.29, 1.82) is 0 Å². The van der Waals surface area contributed by atoms with Crippen LogP contribution in [0.1, 0.15) is 119 Å². The van der Waals surface area contributed by atoms with Gasteiger partial charge in [0.05, 0.1) is 0 Å². The molecule has 0 N–H and O–H groups in total. The quantitative estimate of drug-likeness (QED) is 0.313. The highest BCUT2D eigenvalue weighted by Gasteiger charge is 2.20. The Labute approximate surface area is 198 Å². The molecule has 176 valence electrons. The lowest BCUT2D eigenvalue weighted by Gasteiger charge is -2.24. The Bertz CT molecular complexity index is 914. The molecule has 32 heavy (non-hydrogen) atoms. The lowest BCUT2D eigenvalue weighted by Crippen LogP contribution is -2.11. The van der Waals surface area contributed by atoms with Gasteiger partial charge < -0.3 is 0 Å². The van der Waals surface area contributed by atoms with Crippen molar-refractivity contribution in [2.45, 2.75) is 119 Å². The molecule has 2 atom stereocenters. The predicted octanol–water partition coefficient (Wildman–Crippen LogP) is 9.93. The normalized spacial score (nSPS) is 15.2. The summed E-state index contributed by atoms with van der Waals surface area (Å²) < 4.78 is 0. The zero-order valence-electron chi connectivity index (χ0n) is 21.9. The molecule has 0 fully saturated rings. The SMILES string of the molecule is CCCCC(CC)Cc1cc2c(C)c3c(c(C)c2cc1CC(CC)CCCC)CCC=C3. The van der Waals surface area contributed by atoms with Gasteiger partial charge in [-0.2, -0.15) is 0 Å². The van der Waals surface area contributed by atoms with Crippen LogP contribution in [-0.4, -0.2) is 0 Å². The van der Waals surface area contributed by atoms with E-state index in [9.17, 15) is 0 Å². The number of aryl methyl sites for hydroxylation is 2. The van der Waals surface area contributed by atoms with Crippen LogP contribution in [0.5, 0.6) is 0 Å². The minimum atomic E-state index is 0.820. The van der Waals surface area contributed by atoms with Crippen LogP contribution in [0.25, 0.3) is 16.8 Å². The van der Waals surface area contributed by atoms with Gasteiger partial charge in [-0.05, 0) is 95.5 Å². The van der Waals surface area contributed by atoms with Crippen LogP contribution in [-0.2, 0) is 19.3 Å². The van der Waals surface area contributed by atoms with Crippen LogP contribution >= 0.6 is 0 Å². The highest BCUT2D eigenvalue weighted by atomic mass is 14.2. The fraction of sp³-hybridized carbons (Fsp3) is 0.625. The van der Waals surface area contributed by atoms with Crippen LogP contribution in [0, 0.1) is 25.7 Å². The topological polar surface area (TPSA) is 0 Å². The number of fused-ring (bicyclic) bond motifs is 2. The lowest BCUT2D eigenvalue weighted by molar-refractivity contribution is 0.434. The highest BCUT2D eigenvalue weighted by molar-refractivity contribution is 5.94. The molecule has 0 nitrogen and oxygen atoms in total. The molecule has 0 heteroatoms. The Kier molecular flexibility index (Phi) is 9.45. The van der Waals surface area contributed by atoms with Gasteiger partial charge in [-0.3, -0.25) is 0 Å². The lowest BCUT2D eigenvalue weighted by atomic mass is 9.80. The number of rotatable bonds is 12. The average molecular weight is 433 g/mol. The van der Waals surface area contributed by atoms with Crippen molar-refractivity contribution in [3.8, 4) is 0 Å².